The van der Waals surface area contributed by atoms with Crippen LogP contribution in [-0.4, -0.2) is 41.7 Å². The summed E-state index contributed by atoms with van der Waals surface area (Å²) >= 11 is 1.75. The summed E-state index contributed by atoms with van der Waals surface area (Å²) in [7, 11) is 2.56. The Balaban J connectivity index is 2.19. The number of thioether (sulfide) groups is 1. The van der Waals surface area contributed by atoms with Crippen molar-refractivity contribution in [3.8, 4) is 16.9 Å². The monoisotopic (exact) mass is 424 g/mol. The van der Waals surface area contributed by atoms with Gasteiger partial charge in [0.15, 0.2) is 5.69 Å². The van der Waals surface area contributed by atoms with Crippen molar-refractivity contribution >= 4 is 23.7 Å². The second-order valence-electron chi connectivity index (χ2n) is 6.53. The minimum absolute atomic E-state index is 0.0367. The third-order valence-electron chi connectivity index (χ3n) is 4.53. The predicted octanol–water partition coefficient (Wildman–Crippen LogP) is 5.00. The third-order valence-corrected chi connectivity index (χ3v) is 5.61. The van der Waals surface area contributed by atoms with Gasteiger partial charge in [-0.05, 0) is 36.4 Å². The number of hydrogen-bond acceptors (Lipinski definition) is 6. The van der Waals surface area contributed by atoms with Crippen LogP contribution in [0.15, 0.2) is 59.5 Å². The number of aromatic nitrogens is 2. The molecule has 0 bridgehead atoms. The van der Waals surface area contributed by atoms with Crippen LogP contribution in [0.4, 0.5) is 0 Å². The SMILES string of the molecule is CCCCSc1cccc(-c2nn(-c3ccccc3)c(C(=O)OC)c2C(=O)OC)c1. The number of carbonyl (C=O) groups excluding carboxylic acids is 2. The van der Waals surface area contributed by atoms with Gasteiger partial charge in [0.25, 0.3) is 0 Å². The minimum Gasteiger partial charge on any atom is -0.465 e. The summed E-state index contributed by atoms with van der Waals surface area (Å²) in [5, 5.41) is 4.63. The molecule has 0 atom stereocenters. The molecule has 6 nitrogen and oxygen atoms in total. The zero-order chi connectivity index (χ0) is 21.5. The van der Waals surface area contributed by atoms with Gasteiger partial charge in [-0.2, -0.15) is 5.10 Å². The van der Waals surface area contributed by atoms with E-state index in [0.29, 0.717) is 11.4 Å². The number of rotatable bonds is 8. The molecule has 30 heavy (non-hydrogen) atoms. The second-order valence-corrected chi connectivity index (χ2v) is 7.70. The molecule has 0 fully saturated rings. The van der Waals surface area contributed by atoms with Crippen molar-refractivity contribution in [2.75, 3.05) is 20.0 Å². The van der Waals surface area contributed by atoms with E-state index in [4.69, 9.17) is 9.47 Å². The number of benzene rings is 2. The standard InChI is InChI=1S/C23H24N2O4S/c1-4-5-14-30-18-13-9-10-16(15-18)20-19(22(26)28-2)21(23(27)29-3)25(24-20)17-11-7-6-8-12-17/h6-13,15H,4-5,14H2,1-3H3. The van der Waals surface area contributed by atoms with Crippen LogP contribution in [0.3, 0.4) is 0 Å². The van der Waals surface area contributed by atoms with Crippen molar-refractivity contribution in [1.82, 2.24) is 9.78 Å². The molecule has 1 heterocycles. The molecule has 0 unspecified atom stereocenters. The fourth-order valence-corrected chi connectivity index (χ4v) is 4.08. The summed E-state index contributed by atoms with van der Waals surface area (Å²) in [6.07, 6.45) is 2.25. The van der Waals surface area contributed by atoms with Crippen LogP contribution >= 0.6 is 11.8 Å². The molecule has 0 aliphatic rings. The Labute approximate surface area is 180 Å². The number of hydrogen-bond donors (Lipinski definition) is 0. The molecule has 3 rings (SSSR count). The Hall–Kier alpha value is -3.06. The van der Waals surface area contributed by atoms with Crippen molar-refractivity contribution in [2.24, 2.45) is 0 Å². The van der Waals surface area contributed by atoms with E-state index < -0.39 is 11.9 Å². The Kier molecular flexibility index (Phi) is 7.30. The summed E-state index contributed by atoms with van der Waals surface area (Å²) < 4.78 is 11.4. The van der Waals surface area contributed by atoms with Gasteiger partial charge in [-0.1, -0.05) is 43.7 Å². The maximum Gasteiger partial charge on any atom is 0.357 e. The maximum atomic E-state index is 12.7. The number of carbonyl (C=O) groups is 2. The zero-order valence-corrected chi connectivity index (χ0v) is 18.1. The van der Waals surface area contributed by atoms with Crippen molar-refractivity contribution in [2.45, 2.75) is 24.7 Å². The first-order valence-electron chi connectivity index (χ1n) is 9.69. The van der Waals surface area contributed by atoms with Crippen molar-refractivity contribution in [1.29, 1.82) is 0 Å². The van der Waals surface area contributed by atoms with Crippen LogP contribution < -0.4 is 0 Å². The van der Waals surface area contributed by atoms with E-state index in [9.17, 15) is 9.59 Å². The molecule has 0 saturated carbocycles. The smallest absolute Gasteiger partial charge is 0.357 e. The second kappa shape index (κ2) is 10.1. The fraction of sp³-hybridized carbons (Fsp3) is 0.261. The topological polar surface area (TPSA) is 70.4 Å². The Morgan fingerprint density at radius 2 is 1.73 bits per heavy atom. The van der Waals surface area contributed by atoms with Gasteiger partial charge >= 0.3 is 11.9 Å². The lowest BCUT2D eigenvalue weighted by molar-refractivity contribution is 0.0549. The average Bonchev–Trinajstić information content (AvgIpc) is 3.20. The number of methoxy groups -OCH3 is 2. The van der Waals surface area contributed by atoms with Crippen LogP contribution in [-0.2, 0) is 9.47 Å². The zero-order valence-electron chi connectivity index (χ0n) is 17.3. The van der Waals surface area contributed by atoms with Gasteiger partial charge in [0.05, 0.1) is 19.9 Å². The molecule has 0 aliphatic carbocycles. The molecule has 0 saturated heterocycles. The summed E-state index contributed by atoms with van der Waals surface area (Å²) in [4.78, 5) is 26.4. The van der Waals surface area contributed by atoms with Crippen molar-refractivity contribution < 1.29 is 19.1 Å². The van der Waals surface area contributed by atoms with Crippen LogP contribution in [0.25, 0.3) is 16.9 Å². The average molecular weight is 425 g/mol. The van der Waals surface area contributed by atoms with Crippen molar-refractivity contribution in [3.63, 3.8) is 0 Å². The lowest BCUT2D eigenvalue weighted by Gasteiger charge is -2.07. The Morgan fingerprint density at radius 1 is 1.00 bits per heavy atom. The minimum atomic E-state index is -0.661. The Morgan fingerprint density at radius 3 is 2.40 bits per heavy atom. The van der Waals surface area contributed by atoms with E-state index >= 15 is 0 Å². The van der Waals surface area contributed by atoms with Gasteiger partial charge in [0.1, 0.15) is 11.3 Å². The first-order chi connectivity index (χ1) is 14.6. The fourth-order valence-electron chi connectivity index (χ4n) is 3.02. The number of para-hydroxylation sites is 1. The lowest BCUT2D eigenvalue weighted by atomic mass is 10.1. The molecule has 1 aromatic heterocycles. The molecule has 0 radical (unpaired) electrons. The Bertz CT molecular complexity index is 1030. The van der Waals surface area contributed by atoms with Crippen LogP contribution in [0.5, 0.6) is 0 Å². The number of esters is 2. The largest absolute Gasteiger partial charge is 0.465 e. The quantitative estimate of drug-likeness (QED) is 0.288. The highest BCUT2D eigenvalue weighted by atomic mass is 32.2. The van der Waals surface area contributed by atoms with Crippen molar-refractivity contribution in [3.05, 3.63) is 65.9 Å². The van der Waals surface area contributed by atoms with Gasteiger partial charge in [0, 0.05) is 10.5 Å². The molecule has 7 heteroatoms. The van der Waals surface area contributed by atoms with Gasteiger partial charge < -0.3 is 9.47 Å². The molecule has 0 N–H and O–H groups in total. The van der Waals surface area contributed by atoms with Gasteiger partial charge in [-0.25, -0.2) is 14.3 Å². The maximum absolute atomic E-state index is 12.7. The highest BCUT2D eigenvalue weighted by Crippen LogP contribution is 2.31. The normalized spacial score (nSPS) is 10.6. The van der Waals surface area contributed by atoms with Gasteiger partial charge in [0.2, 0.25) is 0 Å². The summed E-state index contributed by atoms with van der Waals surface area (Å²) in [6, 6.07) is 16.9. The molecule has 156 valence electrons. The number of unbranched alkanes of at least 4 members (excludes halogenated alkanes) is 1. The lowest BCUT2D eigenvalue weighted by Crippen LogP contribution is -2.15. The molecule has 2 aromatic carbocycles. The molecule has 0 aliphatic heterocycles. The summed E-state index contributed by atoms with van der Waals surface area (Å²) in [5.41, 5.74) is 1.88. The molecule has 3 aromatic rings. The first-order valence-corrected chi connectivity index (χ1v) is 10.7. The van der Waals surface area contributed by atoms with Crippen LogP contribution in [0, 0.1) is 0 Å². The molecule has 0 amide bonds. The summed E-state index contributed by atoms with van der Waals surface area (Å²) in [6.45, 7) is 2.16. The van der Waals surface area contributed by atoms with E-state index in [-0.39, 0.29) is 11.3 Å². The molecular formula is C23H24N2O4S. The van der Waals surface area contributed by atoms with Crippen LogP contribution in [0.1, 0.15) is 40.6 Å². The van der Waals surface area contributed by atoms with Gasteiger partial charge in [-0.3, -0.25) is 0 Å². The van der Waals surface area contributed by atoms with E-state index in [1.807, 2.05) is 42.5 Å². The predicted molar refractivity (Wildman–Crippen MR) is 117 cm³/mol. The molecule has 0 spiro atoms. The third kappa shape index (κ3) is 4.57. The van der Waals surface area contributed by atoms with E-state index in [1.54, 1.807) is 23.9 Å². The van der Waals surface area contributed by atoms with Gasteiger partial charge in [-0.15, -0.1) is 11.8 Å². The molecular weight excluding hydrogens is 400 g/mol. The van der Waals surface area contributed by atoms with E-state index in [0.717, 1.165) is 29.1 Å². The number of nitrogens with zero attached hydrogens (tertiary/aromatic N) is 2. The highest BCUT2D eigenvalue weighted by molar-refractivity contribution is 7.99. The van der Waals surface area contributed by atoms with E-state index in [1.165, 1.54) is 18.9 Å². The van der Waals surface area contributed by atoms with Crippen LogP contribution in [0.2, 0.25) is 0 Å². The highest BCUT2D eigenvalue weighted by Gasteiger charge is 2.31. The summed E-state index contributed by atoms with van der Waals surface area (Å²) in [5.74, 6) is -0.293. The number of ether oxygens (including phenoxy) is 2. The first kappa shape index (κ1) is 21.6. The van der Waals surface area contributed by atoms with E-state index in [2.05, 4.69) is 12.0 Å².